The maximum absolute atomic E-state index is 12.7. The Kier molecular flexibility index (Phi) is 7.58. The number of amides is 3. The number of nitrogens with zero attached hydrogens (tertiary/aromatic N) is 2. The molecule has 28 heavy (non-hydrogen) atoms. The van der Waals surface area contributed by atoms with Crippen molar-refractivity contribution < 1.29 is 14.3 Å². The summed E-state index contributed by atoms with van der Waals surface area (Å²) in [6, 6.07) is 15.0. The molecule has 1 atom stereocenters. The Bertz CT molecular complexity index is 806. The van der Waals surface area contributed by atoms with Crippen LogP contribution in [0.15, 0.2) is 48.5 Å². The van der Waals surface area contributed by atoms with Gasteiger partial charge < -0.3 is 19.9 Å². The maximum Gasteiger partial charge on any atom is 0.321 e. The normalized spacial score (nSPS) is 11.6. The first-order valence-corrected chi connectivity index (χ1v) is 9.22. The molecule has 0 aliphatic rings. The molecule has 0 radical (unpaired) electrons. The van der Waals surface area contributed by atoms with E-state index in [0.29, 0.717) is 24.3 Å². The highest BCUT2D eigenvalue weighted by Crippen LogP contribution is 2.18. The van der Waals surface area contributed by atoms with Crippen molar-refractivity contribution in [2.45, 2.75) is 19.4 Å². The first-order chi connectivity index (χ1) is 13.3. The molecule has 0 saturated heterocycles. The fourth-order valence-electron chi connectivity index (χ4n) is 2.99. The molecule has 0 heterocycles. The van der Waals surface area contributed by atoms with Gasteiger partial charge in [-0.05, 0) is 42.7 Å². The Morgan fingerprint density at radius 3 is 2.32 bits per heavy atom. The van der Waals surface area contributed by atoms with E-state index in [0.717, 1.165) is 11.1 Å². The molecule has 2 aromatic carbocycles. The lowest BCUT2D eigenvalue weighted by Crippen LogP contribution is -2.43. The number of carbonyl (C=O) groups excluding carboxylic acids is 2. The van der Waals surface area contributed by atoms with Crippen molar-refractivity contribution >= 4 is 17.6 Å². The molecule has 6 nitrogen and oxygen atoms in total. The Balaban J connectivity index is 2.09. The number of likely N-dealkylation sites (N-methyl/N-ethyl adjacent to an activating group) is 1. The Morgan fingerprint density at radius 2 is 1.75 bits per heavy atom. The highest BCUT2D eigenvalue weighted by atomic mass is 16.5. The second kappa shape index (κ2) is 9.90. The number of carbonyl (C=O) groups is 2. The smallest absolute Gasteiger partial charge is 0.321 e. The predicted molar refractivity (Wildman–Crippen MR) is 112 cm³/mol. The van der Waals surface area contributed by atoms with Crippen LogP contribution in [0.1, 0.15) is 21.5 Å². The van der Waals surface area contributed by atoms with Crippen LogP contribution in [0.5, 0.6) is 0 Å². The van der Waals surface area contributed by atoms with Crippen molar-refractivity contribution in [1.82, 2.24) is 9.80 Å². The van der Waals surface area contributed by atoms with Gasteiger partial charge in [-0.1, -0.05) is 30.3 Å². The first kappa shape index (κ1) is 21.4. The van der Waals surface area contributed by atoms with Gasteiger partial charge >= 0.3 is 6.03 Å². The molecular weight excluding hydrogens is 354 g/mol. The Morgan fingerprint density at radius 1 is 1.07 bits per heavy atom. The quantitative estimate of drug-likeness (QED) is 0.797. The average Bonchev–Trinajstić information content (AvgIpc) is 2.67. The van der Waals surface area contributed by atoms with E-state index in [4.69, 9.17) is 4.74 Å². The minimum absolute atomic E-state index is 0.0597. The fraction of sp³-hybridized carbons (Fsp3) is 0.364. The monoisotopic (exact) mass is 383 g/mol. The zero-order valence-electron chi connectivity index (χ0n) is 17.2. The molecule has 6 heteroatoms. The molecule has 0 aliphatic carbocycles. The third kappa shape index (κ3) is 5.57. The van der Waals surface area contributed by atoms with E-state index in [1.165, 1.54) is 4.90 Å². The van der Waals surface area contributed by atoms with Gasteiger partial charge in [0.25, 0.3) is 5.91 Å². The van der Waals surface area contributed by atoms with E-state index < -0.39 is 0 Å². The second-order valence-corrected chi connectivity index (χ2v) is 7.07. The van der Waals surface area contributed by atoms with Gasteiger partial charge in [-0.25, -0.2) is 4.79 Å². The molecule has 1 N–H and O–H groups in total. The molecule has 0 aliphatic heterocycles. The molecule has 150 valence electrons. The van der Waals surface area contributed by atoms with Gasteiger partial charge in [0.05, 0.1) is 12.6 Å². The molecule has 0 unspecified atom stereocenters. The van der Waals surface area contributed by atoms with E-state index in [2.05, 4.69) is 5.32 Å². The SMILES string of the molecule is COC[C@H](Cc1ccccc1)N(C)C(=O)Nc1ccc(C(=O)N(C)C)c(C)c1. The van der Waals surface area contributed by atoms with Crippen LogP contribution >= 0.6 is 0 Å². The fourth-order valence-corrected chi connectivity index (χ4v) is 2.99. The number of methoxy groups -OCH3 is 1. The average molecular weight is 383 g/mol. The first-order valence-electron chi connectivity index (χ1n) is 9.22. The number of urea groups is 1. The van der Waals surface area contributed by atoms with Gasteiger partial charge in [-0.15, -0.1) is 0 Å². The van der Waals surface area contributed by atoms with Gasteiger partial charge in [0.2, 0.25) is 0 Å². The summed E-state index contributed by atoms with van der Waals surface area (Å²) in [4.78, 5) is 28.1. The summed E-state index contributed by atoms with van der Waals surface area (Å²) in [6.45, 7) is 2.30. The van der Waals surface area contributed by atoms with Crippen LogP contribution in [0, 0.1) is 6.92 Å². The second-order valence-electron chi connectivity index (χ2n) is 7.07. The largest absolute Gasteiger partial charge is 0.383 e. The summed E-state index contributed by atoms with van der Waals surface area (Å²) in [7, 11) is 6.83. The number of anilines is 1. The van der Waals surface area contributed by atoms with Gasteiger partial charge in [0.15, 0.2) is 0 Å². The van der Waals surface area contributed by atoms with E-state index in [1.807, 2.05) is 43.3 Å². The number of rotatable bonds is 7. The zero-order valence-corrected chi connectivity index (χ0v) is 17.2. The van der Waals surface area contributed by atoms with Crippen molar-refractivity contribution in [3.05, 3.63) is 65.2 Å². The molecule has 2 aromatic rings. The Hall–Kier alpha value is -2.86. The van der Waals surface area contributed by atoms with Crippen molar-refractivity contribution in [3.63, 3.8) is 0 Å². The summed E-state index contributed by atoms with van der Waals surface area (Å²) in [5, 5.41) is 2.91. The van der Waals surface area contributed by atoms with Crippen molar-refractivity contribution in [2.24, 2.45) is 0 Å². The van der Waals surface area contributed by atoms with Gasteiger partial charge in [-0.3, -0.25) is 4.79 Å². The third-order valence-electron chi connectivity index (χ3n) is 4.66. The minimum atomic E-state index is -0.218. The van der Waals surface area contributed by atoms with Crippen LogP contribution in [0.3, 0.4) is 0 Å². The van der Waals surface area contributed by atoms with Crippen molar-refractivity contribution in [2.75, 3.05) is 40.2 Å². The van der Waals surface area contributed by atoms with Gasteiger partial charge in [-0.2, -0.15) is 0 Å². The number of hydrogen-bond acceptors (Lipinski definition) is 3. The van der Waals surface area contributed by atoms with E-state index in [1.54, 1.807) is 45.3 Å². The molecule has 0 spiro atoms. The Labute approximate surface area is 167 Å². The summed E-state index contributed by atoms with van der Waals surface area (Å²) >= 11 is 0. The van der Waals surface area contributed by atoms with Crippen molar-refractivity contribution in [1.29, 1.82) is 0 Å². The summed E-state index contributed by atoms with van der Waals surface area (Å²) < 4.78 is 5.32. The molecule has 2 rings (SSSR count). The zero-order chi connectivity index (χ0) is 20.7. The number of benzene rings is 2. The van der Waals surface area contributed by atoms with Crippen LogP contribution in [-0.2, 0) is 11.2 Å². The minimum Gasteiger partial charge on any atom is -0.383 e. The lowest BCUT2D eigenvalue weighted by molar-refractivity contribution is 0.0827. The number of nitrogens with one attached hydrogen (secondary N) is 1. The summed E-state index contributed by atoms with van der Waals surface area (Å²) in [5.74, 6) is -0.0597. The molecule has 3 amide bonds. The molecule has 0 bridgehead atoms. The van der Waals surface area contributed by atoms with Crippen LogP contribution in [0.4, 0.5) is 10.5 Å². The lowest BCUT2D eigenvalue weighted by Gasteiger charge is -2.28. The van der Waals surface area contributed by atoms with Gasteiger partial charge in [0.1, 0.15) is 0 Å². The highest BCUT2D eigenvalue weighted by Gasteiger charge is 2.21. The van der Waals surface area contributed by atoms with Crippen LogP contribution in [0.25, 0.3) is 0 Å². The number of aryl methyl sites for hydroxylation is 1. The topological polar surface area (TPSA) is 61.9 Å². The maximum atomic E-state index is 12.7. The van der Waals surface area contributed by atoms with Crippen LogP contribution < -0.4 is 5.32 Å². The summed E-state index contributed by atoms with van der Waals surface area (Å²) in [5.41, 5.74) is 3.24. The number of hydrogen-bond donors (Lipinski definition) is 1. The van der Waals surface area contributed by atoms with Crippen LogP contribution in [-0.4, -0.2) is 62.6 Å². The summed E-state index contributed by atoms with van der Waals surface area (Å²) in [6.07, 6.45) is 0.702. The van der Waals surface area contributed by atoms with E-state index in [9.17, 15) is 9.59 Å². The number of ether oxygens (including phenoxy) is 1. The van der Waals surface area contributed by atoms with Crippen LogP contribution in [0.2, 0.25) is 0 Å². The highest BCUT2D eigenvalue weighted by molar-refractivity contribution is 5.96. The molecule has 0 aromatic heterocycles. The third-order valence-corrected chi connectivity index (χ3v) is 4.66. The van der Waals surface area contributed by atoms with Gasteiger partial charge in [0, 0.05) is 39.5 Å². The lowest BCUT2D eigenvalue weighted by atomic mass is 10.1. The molecular formula is C22H29N3O3. The molecule has 0 fully saturated rings. The van der Waals surface area contributed by atoms with E-state index >= 15 is 0 Å². The van der Waals surface area contributed by atoms with E-state index in [-0.39, 0.29) is 18.0 Å². The molecule has 0 saturated carbocycles. The van der Waals surface area contributed by atoms with Crippen molar-refractivity contribution in [3.8, 4) is 0 Å². The predicted octanol–water partition coefficient (Wildman–Crippen LogP) is 3.42. The standard InChI is InChI=1S/C22H29N3O3/c1-16-13-18(11-12-20(16)21(26)24(2)3)23-22(27)25(4)19(15-28-5)14-17-9-7-6-8-10-17/h6-13,19H,14-15H2,1-5H3,(H,23,27)/t19-/m0/s1.